The number of carbonyl (C=O) groups excluding carboxylic acids is 2. The van der Waals surface area contributed by atoms with Crippen LogP contribution in [0.5, 0.6) is 0 Å². The van der Waals surface area contributed by atoms with Gasteiger partial charge in [-0.1, -0.05) is 18.2 Å². The second-order valence-electron chi connectivity index (χ2n) is 6.70. The first-order chi connectivity index (χ1) is 11.3. The molecule has 1 fully saturated rings. The lowest BCUT2D eigenvalue weighted by atomic mass is 10.2. The Morgan fingerprint density at radius 1 is 1.25 bits per heavy atom. The van der Waals surface area contributed by atoms with Crippen LogP contribution in [0.15, 0.2) is 30.3 Å². The number of likely N-dealkylation sites (tertiary alicyclic amines) is 1. The average Bonchev–Trinajstić information content (AvgIpc) is 2.87. The van der Waals surface area contributed by atoms with Crippen LogP contribution in [0, 0.1) is 0 Å². The van der Waals surface area contributed by atoms with Crippen LogP contribution in [0.4, 0.5) is 4.79 Å². The van der Waals surface area contributed by atoms with E-state index < -0.39 is 29.8 Å². The van der Waals surface area contributed by atoms with E-state index >= 15 is 0 Å². The first-order valence-electron chi connectivity index (χ1n) is 7.83. The van der Waals surface area contributed by atoms with E-state index in [9.17, 15) is 14.7 Å². The van der Waals surface area contributed by atoms with Gasteiger partial charge in [0, 0.05) is 0 Å². The predicted octanol–water partition coefficient (Wildman–Crippen LogP) is 2.15. The maximum Gasteiger partial charge on any atom is 0.410 e. The van der Waals surface area contributed by atoms with E-state index in [2.05, 4.69) is 0 Å². The summed E-state index contributed by atoms with van der Waals surface area (Å²) in [5.41, 5.74) is -0.261. The van der Waals surface area contributed by atoms with Crippen molar-refractivity contribution < 1.29 is 29.2 Å². The van der Waals surface area contributed by atoms with Crippen LogP contribution in [-0.4, -0.2) is 53.0 Å². The van der Waals surface area contributed by atoms with Crippen LogP contribution in [0.25, 0.3) is 0 Å². The van der Waals surface area contributed by atoms with Crippen molar-refractivity contribution in [3.63, 3.8) is 0 Å². The number of aliphatic hydroxyl groups is 1. The highest BCUT2D eigenvalue weighted by molar-refractivity contribution is 5.88. The molecule has 0 radical (unpaired) electrons. The lowest BCUT2D eigenvalue weighted by Crippen LogP contribution is -2.42. The molecule has 0 unspecified atom stereocenters. The second-order valence-corrected chi connectivity index (χ2v) is 6.70. The third-order valence-corrected chi connectivity index (χ3v) is 3.42. The molecule has 0 aromatic heterocycles. The summed E-state index contributed by atoms with van der Waals surface area (Å²) >= 11 is 0. The number of benzene rings is 1. The molecule has 1 saturated heterocycles. The Balaban J connectivity index is 1.86. The van der Waals surface area contributed by atoms with Gasteiger partial charge in [0.15, 0.2) is 0 Å². The number of hydrogen-bond acceptors (Lipinski definition) is 6. The van der Waals surface area contributed by atoms with Crippen LogP contribution < -0.4 is 0 Å². The largest absolute Gasteiger partial charge is 0.444 e. The summed E-state index contributed by atoms with van der Waals surface area (Å²) in [6.07, 6.45) is -0.847. The van der Waals surface area contributed by atoms with E-state index in [0.29, 0.717) is 12.0 Å². The van der Waals surface area contributed by atoms with Gasteiger partial charge in [0.1, 0.15) is 12.2 Å². The minimum Gasteiger partial charge on any atom is -0.444 e. The van der Waals surface area contributed by atoms with E-state index in [4.69, 9.17) is 14.5 Å². The summed E-state index contributed by atoms with van der Waals surface area (Å²) in [5.74, 6) is -0.613. The van der Waals surface area contributed by atoms with E-state index in [-0.39, 0.29) is 13.2 Å². The van der Waals surface area contributed by atoms with Gasteiger partial charge in [-0.2, -0.15) is 4.89 Å². The molecule has 1 aliphatic rings. The Hall–Kier alpha value is -2.12. The van der Waals surface area contributed by atoms with Gasteiger partial charge in [0.05, 0.1) is 24.3 Å². The van der Waals surface area contributed by atoms with Crippen molar-refractivity contribution in [3.8, 4) is 0 Å². The molecule has 0 saturated carbocycles. The number of ether oxygens (including phenoxy) is 1. The molecule has 7 nitrogen and oxygen atoms in total. The molecule has 0 bridgehead atoms. The fourth-order valence-electron chi connectivity index (χ4n) is 2.38. The van der Waals surface area contributed by atoms with Gasteiger partial charge in [0.2, 0.25) is 0 Å². The summed E-state index contributed by atoms with van der Waals surface area (Å²) in [4.78, 5) is 35.1. The molecule has 1 N–H and O–H groups in total. The van der Waals surface area contributed by atoms with Crippen molar-refractivity contribution in [3.05, 3.63) is 35.9 Å². The van der Waals surface area contributed by atoms with Crippen molar-refractivity contribution in [2.75, 3.05) is 13.2 Å². The summed E-state index contributed by atoms with van der Waals surface area (Å²) < 4.78 is 5.31. The van der Waals surface area contributed by atoms with Crippen LogP contribution >= 0.6 is 0 Å². The lowest BCUT2D eigenvalue weighted by molar-refractivity contribution is -0.247. The molecule has 1 amide bonds. The summed E-state index contributed by atoms with van der Waals surface area (Å²) in [7, 11) is 0. The lowest BCUT2D eigenvalue weighted by Gasteiger charge is -2.27. The molecule has 1 aromatic rings. The third-order valence-electron chi connectivity index (χ3n) is 3.42. The quantitative estimate of drug-likeness (QED) is 0.669. The van der Waals surface area contributed by atoms with Gasteiger partial charge in [-0.3, -0.25) is 4.89 Å². The van der Waals surface area contributed by atoms with E-state index in [1.54, 1.807) is 51.1 Å². The Kier molecular flexibility index (Phi) is 5.80. The van der Waals surface area contributed by atoms with E-state index in [1.165, 1.54) is 4.90 Å². The first kappa shape index (κ1) is 18.2. The Bertz CT molecular complexity index is 568. The maximum atomic E-state index is 12.2. The van der Waals surface area contributed by atoms with Gasteiger partial charge in [-0.25, -0.2) is 9.59 Å². The zero-order valence-electron chi connectivity index (χ0n) is 14.1. The van der Waals surface area contributed by atoms with Crippen molar-refractivity contribution >= 4 is 12.1 Å². The minimum atomic E-state index is -0.657. The number of aliphatic hydroxyl groups excluding tert-OH is 1. The number of nitrogens with zero attached hydrogens (tertiary/aromatic N) is 1. The molecular weight excluding hydrogens is 314 g/mol. The maximum absolute atomic E-state index is 12.2. The summed E-state index contributed by atoms with van der Waals surface area (Å²) in [6, 6.07) is 8.02. The molecule has 1 aliphatic heterocycles. The van der Waals surface area contributed by atoms with Crippen molar-refractivity contribution in [1.29, 1.82) is 0 Å². The Morgan fingerprint density at radius 2 is 1.92 bits per heavy atom. The van der Waals surface area contributed by atoms with Crippen molar-refractivity contribution in [1.82, 2.24) is 4.90 Å². The average molecular weight is 337 g/mol. The topological polar surface area (TPSA) is 85.3 Å². The fourth-order valence-corrected chi connectivity index (χ4v) is 2.38. The monoisotopic (exact) mass is 337 g/mol. The first-order valence-corrected chi connectivity index (χ1v) is 7.83. The molecule has 7 heteroatoms. The molecule has 1 heterocycles. The molecule has 1 aromatic carbocycles. The standard InChI is InChI=1S/C17H23NO6/c1-17(2,3)23-16(21)18-10-14(19)9-13(18)11-22-24-15(20)12-7-5-4-6-8-12/h4-8,13-14,19H,9-11H2,1-3H3/t13-,14+/m1/s1. The molecule has 132 valence electrons. The highest BCUT2D eigenvalue weighted by Gasteiger charge is 2.37. The van der Waals surface area contributed by atoms with E-state index in [0.717, 1.165) is 0 Å². The molecular formula is C17H23NO6. The number of carbonyl (C=O) groups is 2. The summed E-state index contributed by atoms with van der Waals surface area (Å²) in [5, 5.41) is 9.79. The zero-order valence-corrected chi connectivity index (χ0v) is 14.1. The fraction of sp³-hybridized carbons (Fsp3) is 0.529. The van der Waals surface area contributed by atoms with Gasteiger partial charge in [-0.05, 0) is 39.3 Å². The molecule has 0 aliphatic carbocycles. The van der Waals surface area contributed by atoms with Gasteiger partial charge in [0.25, 0.3) is 0 Å². The highest BCUT2D eigenvalue weighted by atomic mass is 17.2. The smallest absolute Gasteiger partial charge is 0.410 e. The number of hydrogen-bond donors (Lipinski definition) is 1. The molecule has 2 rings (SSSR count). The van der Waals surface area contributed by atoms with Crippen molar-refractivity contribution in [2.45, 2.75) is 44.9 Å². The van der Waals surface area contributed by atoms with Crippen LogP contribution in [0.1, 0.15) is 37.6 Å². The van der Waals surface area contributed by atoms with Gasteiger partial charge in [-0.15, -0.1) is 0 Å². The van der Waals surface area contributed by atoms with Crippen LogP contribution in [-0.2, 0) is 14.5 Å². The number of rotatable bonds is 4. The normalized spacial score (nSPS) is 20.8. The Labute approximate surface area is 141 Å². The zero-order chi connectivity index (χ0) is 17.7. The van der Waals surface area contributed by atoms with Crippen LogP contribution in [0.3, 0.4) is 0 Å². The highest BCUT2D eigenvalue weighted by Crippen LogP contribution is 2.21. The predicted molar refractivity (Wildman–Crippen MR) is 85.2 cm³/mol. The number of amides is 1. The summed E-state index contributed by atoms with van der Waals surface area (Å²) in [6.45, 7) is 5.43. The molecule has 24 heavy (non-hydrogen) atoms. The SMILES string of the molecule is CC(C)(C)OC(=O)N1C[C@@H](O)C[C@@H]1COOC(=O)c1ccccc1. The molecule has 0 spiro atoms. The number of β-amino-alcohol motifs (C(OH)–C–C–N with tert-alkyl or cyclic N) is 1. The van der Waals surface area contributed by atoms with Gasteiger partial charge >= 0.3 is 12.1 Å². The van der Waals surface area contributed by atoms with Gasteiger partial charge < -0.3 is 14.7 Å². The van der Waals surface area contributed by atoms with E-state index in [1.807, 2.05) is 0 Å². The van der Waals surface area contributed by atoms with Crippen LogP contribution in [0.2, 0.25) is 0 Å². The molecule has 2 atom stereocenters. The minimum absolute atomic E-state index is 0.0329. The van der Waals surface area contributed by atoms with Crippen molar-refractivity contribution in [2.24, 2.45) is 0 Å². The third kappa shape index (κ3) is 5.21. The second kappa shape index (κ2) is 7.63. The Morgan fingerprint density at radius 3 is 2.54 bits per heavy atom.